The van der Waals surface area contributed by atoms with E-state index in [1.807, 2.05) is 37.3 Å². The van der Waals surface area contributed by atoms with E-state index in [-0.39, 0.29) is 12.5 Å². The van der Waals surface area contributed by atoms with Gasteiger partial charge in [-0.15, -0.1) is 0 Å². The molecular formula is C9H13O4P. The van der Waals surface area contributed by atoms with Crippen LogP contribution in [0, 0.1) is 0 Å². The average Bonchev–Trinajstić information content (AvgIpc) is 2.14. The minimum atomic E-state index is -4.34. The molecule has 78 valence electrons. The van der Waals surface area contributed by atoms with Gasteiger partial charge in [-0.2, -0.15) is 0 Å². The summed E-state index contributed by atoms with van der Waals surface area (Å²) in [6.45, 7) is 1.87. The highest BCUT2D eigenvalue weighted by atomic mass is 31.2. The third-order valence-corrected chi connectivity index (χ3v) is 2.35. The molecule has 1 aromatic rings. The summed E-state index contributed by atoms with van der Waals surface area (Å²) in [5, 5.41) is 0. The zero-order valence-corrected chi connectivity index (χ0v) is 8.72. The second-order valence-electron chi connectivity index (χ2n) is 3.10. The zero-order chi connectivity index (χ0) is 10.6. The Morgan fingerprint density at radius 2 is 1.93 bits per heavy atom. The lowest BCUT2D eigenvalue weighted by Gasteiger charge is -2.12. The van der Waals surface area contributed by atoms with E-state index in [4.69, 9.17) is 9.79 Å². The lowest BCUT2D eigenvalue weighted by Crippen LogP contribution is -2.02. The molecule has 4 nitrogen and oxygen atoms in total. The molecule has 1 rings (SSSR count). The Hall–Kier alpha value is -0.670. The van der Waals surface area contributed by atoms with E-state index >= 15 is 0 Å². The fourth-order valence-electron chi connectivity index (χ4n) is 1.09. The molecule has 1 atom stereocenters. The number of rotatable bonds is 4. The molecule has 0 saturated heterocycles. The van der Waals surface area contributed by atoms with Crippen LogP contribution in [0.2, 0.25) is 0 Å². The highest BCUT2D eigenvalue weighted by Crippen LogP contribution is 2.37. The van der Waals surface area contributed by atoms with Crippen LogP contribution in [-0.4, -0.2) is 16.4 Å². The van der Waals surface area contributed by atoms with Crippen molar-refractivity contribution in [2.75, 3.05) is 6.61 Å². The first-order chi connectivity index (χ1) is 6.49. The Kier molecular flexibility index (Phi) is 3.84. The van der Waals surface area contributed by atoms with Crippen molar-refractivity contribution in [2.45, 2.75) is 12.8 Å². The van der Waals surface area contributed by atoms with Gasteiger partial charge in [-0.25, -0.2) is 4.57 Å². The van der Waals surface area contributed by atoms with Crippen molar-refractivity contribution < 1.29 is 18.9 Å². The van der Waals surface area contributed by atoms with Crippen LogP contribution in [0.25, 0.3) is 0 Å². The molecule has 0 aliphatic carbocycles. The fraction of sp³-hybridized carbons (Fsp3) is 0.333. The summed E-state index contributed by atoms with van der Waals surface area (Å²) < 4.78 is 14.9. The standard InChI is InChI=1S/C9H13O4P/c1-8(7-13-14(10,11)12)9-5-3-2-4-6-9/h2-6,8H,7H2,1H3,(H2,10,11,12). The minimum Gasteiger partial charge on any atom is -0.303 e. The number of hydrogen-bond acceptors (Lipinski definition) is 2. The van der Waals surface area contributed by atoms with E-state index in [0.29, 0.717) is 0 Å². The molecule has 0 heterocycles. The van der Waals surface area contributed by atoms with Crippen molar-refractivity contribution in [1.29, 1.82) is 0 Å². The van der Waals surface area contributed by atoms with Gasteiger partial charge in [0, 0.05) is 5.92 Å². The first kappa shape index (κ1) is 11.4. The topological polar surface area (TPSA) is 66.8 Å². The molecule has 0 aromatic heterocycles. The summed E-state index contributed by atoms with van der Waals surface area (Å²) in [5.41, 5.74) is 1.00. The third-order valence-electron chi connectivity index (χ3n) is 1.86. The second-order valence-corrected chi connectivity index (χ2v) is 4.34. The fourth-order valence-corrected chi connectivity index (χ4v) is 1.50. The maximum atomic E-state index is 10.4. The molecule has 0 aliphatic heterocycles. The predicted molar refractivity (Wildman–Crippen MR) is 52.9 cm³/mol. The Bertz CT molecular complexity index is 319. The van der Waals surface area contributed by atoms with Crippen molar-refractivity contribution in [2.24, 2.45) is 0 Å². The van der Waals surface area contributed by atoms with Crippen molar-refractivity contribution in [3.63, 3.8) is 0 Å². The highest BCUT2D eigenvalue weighted by Gasteiger charge is 2.16. The van der Waals surface area contributed by atoms with Crippen LogP contribution in [0.1, 0.15) is 18.4 Å². The van der Waals surface area contributed by atoms with E-state index in [9.17, 15) is 4.57 Å². The molecule has 0 aliphatic rings. The molecule has 1 aromatic carbocycles. The van der Waals surface area contributed by atoms with Crippen LogP contribution in [0.15, 0.2) is 30.3 Å². The zero-order valence-electron chi connectivity index (χ0n) is 7.83. The van der Waals surface area contributed by atoms with Crippen LogP contribution in [0.3, 0.4) is 0 Å². The van der Waals surface area contributed by atoms with Gasteiger partial charge in [-0.1, -0.05) is 37.3 Å². The van der Waals surface area contributed by atoms with Crippen molar-refractivity contribution >= 4 is 7.82 Å². The average molecular weight is 216 g/mol. The third kappa shape index (κ3) is 4.03. The highest BCUT2D eigenvalue weighted by molar-refractivity contribution is 7.46. The summed E-state index contributed by atoms with van der Waals surface area (Å²) in [7, 11) is -4.34. The van der Waals surface area contributed by atoms with Gasteiger partial charge < -0.3 is 9.79 Å². The molecule has 14 heavy (non-hydrogen) atoms. The Labute approximate surface area is 82.8 Å². The molecule has 5 heteroatoms. The van der Waals surface area contributed by atoms with E-state index < -0.39 is 7.82 Å². The van der Waals surface area contributed by atoms with E-state index in [1.165, 1.54) is 0 Å². The van der Waals surface area contributed by atoms with Crippen LogP contribution >= 0.6 is 7.82 Å². The molecule has 0 fully saturated rings. The quantitative estimate of drug-likeness (QED) is 0.754. The first-order valence-electron chi connectivity index (χ1n) is 4.24. The maximum absolute atomic E-state index is 10.4. The van der Waals surface area contributed by atoms with Gasteiger partial charge in [-0.3, -0.25) is 4.52 Å². The van der Waals surface area contributed by atoms with Crippen LogP contribution in [0.4, 0.5) is 0 Å². The molecule has 0 amide bonds. The van der Waals surface area contributed by atoms with Crippen molar-refractivity contribution in [1.82, 2.24) is 0 Å². The molecule has 2 N–H and O–H groups in total. The Balaban J connectivity index is 2.52. The van der Waals surface area contributed by atoms with E-state index in [0.717, 1.165) is 5.56 Å². The lowest BCUT2D eigenvalue weighted by atomic mass is 10.0. The predicted octanol–water partition coefficient (Wildman–Crippen LogP) is 1.90. The van der Waals surface area contributed by atoms with Crippen molar-refractivity contribution in [3.8, 4) is 0 Å². The monoisotopic (exact) mass is 216 g/mol. The maximum Gasteiger partial charge on any atom is 0.469 e. The number of phosphoric ester groups is 1. The van der Waals surface area contributed by atoms with Gasteiger partial charge in [0.25, 0.3) is 0 Å². The summed E-state index contributed by atoms with van der Waals surface area (Å²) in [5.74, 6) is -0.0242. The normalized spacial score (nSPS) is 13.9. The summed E-state index contributed by atoms with van der Waals surface area (Å²) in [6, 6.07) is 9.44. The Morgan fingerprint density at radius 3 is 2.43 bits per heavy atom. The SMILES string of the molecule is CC(COP(=O)(O)O)c1ccccc1. The van der Waals surface area contributed by atoms with Gasteiger partial charge in [0.05, 0.1) is 6.61 Å². The summed E-state index contributed by atoms with van der Waals surface area (Å²) in [6.07, 6.45) is 0. The second kappa shape index (κ2) is 4.71. The molecule has 0 radical (unpaired) electrons. The molecular weight excluding hydrogens is 203 g/mol. The van der Waals surface area contributed by atoms with Gasteiger partial charge >= 0.3 is 7.82 Å². The Morgan fingerprint density at radius 1 is 1.36 bits per heavy atom. The van der Waals surface area contributed by atoms with Gasteiger partial charge in [0.1, 0.15) is 0 Å². The number of hydrogen-bond donors (Lipinski definition) is 2. The molecule has 0 saturated carbocycles. The van der Waals surface area contributed by atoms with Crippen LogP contribution < -0.4 is 0 Å². The molecule has 0 spiro atoms. The summed E-state index contributed by atoms with van der Waals surface area (Å²) >= 11 is 0. The summed E-state index contributed by atoms with van der Waals surface area (Å²) in [4.78, 5) is 17.0. The van der Waals surface area contributed by atoms with Crippen LogP contribution in [-0.2, 0) is 9.09 Å². The van der Waals surface area contributed by atoms with Crippen LogP contribution in [0.5, 0.6) is 0 Å². The number of phosphoric acid groups is 1. The largest absolute Gasteiger partial charge is 0.469 e. The van der Waals surface area contributed by atoms with Gasteiger partial charge in [0.15, 0.2) is 0 Å². The molecule has 1 unspecified atom stereocenters. The molecule has 0 bridgehead atoms. The minimum absolute atomic E-state index is 0.0221. The van der Waals surface area contributed by atoms with Gasteiger partial charge in [-0.05, 0) is 5.56 Å². The van der Waals surface area contributed by atoms with E-state index in [2.05, 4.69) is 4.52 Å². The van der Waals surface area contributed by atoms with Gasteiger partial charge in [0.2, 0.25) is 0 Å². The van der Waals surface area contributed by atoms with Crippen molar-refractivity contribution in [3.05, 3.63) is 35.9 Å². The van der Waals surface area contributed by atoms with E-state index in [1.54, 1.807) is 0 Å². The smallest absolute Gasteiger partial charge is 0.303 e. The first-order valence-corrected chi connectivity index (χ1v) is 5.77. The number of benzene rings is 1. The lowest BCUT2D eigenvalue weighted by molar-refractivity contribution is 0.188.